The van der Waals surface area contributed by atoms with Crippen molar-refractivity contribution in [2.45, 2.75) is 47.5 Å². The van der Waals surface area contributed by atoms with Crippen molar-refractivity contribution in [3.63, 3.8) is 0 Å². The number of rotatable bonds is 9. The van der Waals surface area contributed by atoms with E-state index in [0.29, 0.717) is 18.0 Å². The maximum atomic E-state index is 12.9. The van der Waals surface area contributed by atoms with E-state index >= 15 is 0 Å². The fourth-order valence-electron chi connectivity index (χ4n) is 2.72. The molecule has 0 spiro atoms. The molecule has 1 unspecified atom stereocenters. The predicted octanol–water partition coefficient (Wildman–Crippen LogP) is 6.44. The Labute approximate surface area is 178 Å². The van der Waals surface area contributed by atoms with E-state index in [9.17, 15) is 4.39 Å². The standard InChI is InChI=1S/C25H30FN3O/c1-8-22(10-9-17(2)3)16-29-18(4)15-25(28-29)20(6)27-19(5)23-11-13-24(14-12-23)30-21(7)26/h8-15,21H,1,5,16H2,2-4,6-7H3/b22-10+,27-20?. The van der Waals surface area contributed by atoms with Gasteiger partial charge in [0.1, 0.15) is 11.4 Å². The summed E-state index contributed by atoms with van der Waals surface area (Å²) >= 11 is 0. The van der Waals surface area contributed by atoms with E-state index in [1.165, 1.54) is 12.5 Å². The van der Waals surface area contributed by atoms with E-state index < -0.39 is 6.36 Å². The molecule has 2 rings (SSSR count). The van der Waals surface area contributed by atoms with Gasteiger partial charge in [0, 0.05) is 12.6 Å². The molecule has 0 fully saturated rings. The Morgan fingerprint density at radius 2 is 1.90 bits per heavy atom. The summed E-state index contributed by atoms with van der Waals surface area (Å²) in [6, 6.07) is 9.04. The Bertz CT molecular complexity index is 988. The largest absolute Gasteiger partial charge is 0.461 e. The highest BCUT2D eigenvalue weighted by molar-refractivity contribution is 6.00. The fourth-order valence-corrected chi connectivity index (χ4v) is 2.72. The first-order chi connectivity index (χ1) is 14.2. The fraction of sp³-hybridized carbons (Fsp3) is 0.280. The number of alkyl halides is 1. The number of hydrogen-bond donors (Lipinski definition) is 0. The number of hydrogen-bond acceptors (Lipinski definition) is 3. The average Bonchev–Trinajstić information content (AvgIpc) is 3.05. The molecule has 0 saturated carbocycles. The lowest BCUT2D eigenvalue weighted by Crippen LogP contribution is -2.05. The van der Waals surface area contributed by atoms with Gasteiger partial charge in [-0.3, -0.25) is 9.67 Å². The van der Waals surface area contributed by atoms with Crippen LogP contribution in [0.25, 0.3) is 5.70 Å². The highest BCUT2D eigenvalue weighted by Crippen LogP contribution is 2.20. The van der Waals surface area contributed by atoms with Gasteiger partial charge in [-0.15, -0.1) is 0 Å². The highest BCUT2D eigenvalue weighted by atomic mass is 19.1. The van der Waals surface area contributed by atoms with Crippen LogP contribution in [-0.2, 0) is 6.54 Å². The van der Waals surface area contributed by atoms with Crippen molar-refractivity contribution in [2.24, 2.45) is 4.99 Å². The Hall–Kier alpha value is -3.21. The van der Waals surface area contributed by atoms with Gasteiger partial charge in [0.25, 0.3) is 0 Å². The molecule has 0 amide bonds. The van der Waals surface area contributed by atoms with Gasteiger partial charge in [-0.2, -0.15) is 5.10 Å². The molecule has 1 aromatic carbocycles. The van der Waals surface area contributed by atoms with Gasteiger partial charge in [0.15, 0.2) is 0 Å². The third-order valence-corrected chi connectivity index (χ3v) is 4.37. The minimum Gasteiger partial charge on any atom is -0.461 e. The van der Waals surface area contributed by atoms with Gasteiger partial charge < -0.3 is 4.74 Å². The molecule has 0 saturated heterocycles. The first kappa shape index (κ1) is 23.1. The molecule has 1 aromatic heterocycles. The lowest BCUT2D eigenvalue weighted by molar-refractivity contribution is 0.0860. The van der Waals surface area contributed by atoms with Crippen LogP contribution in [0.15, 0.2) is 77.9 Å². The summed E-state index contributed by atoms with van der Waals surface area (Å²) < 4.78 is 19.9. The Morgan fingerprint density at radius 1 is 1.23 bits per heavy atom. The molecule has 5 heteroatoms. The number of aliphatic imine (C=N–C) groups is 1. The number of nitrogens with zero attached hydrogens (tertiary/aromatic N) is 3. The lowest BCUT2D eigenvalue weighted by Gasteiger charge is -2.08. The van der Waals surface area contributed by atoms with Crippen LogP contribution < -0.4 is 4.74 Å². The summed E-state index contributed by atoms with van der Waals surface area (Å²) in [5.41, 5.74) is 6.36. The van der Waals surface area contributed by atoms with Gasteiger partial charge in [0.2, 0.25) is 6.36 Å². The molecular formula is C25H30FN3O. The van der Waals surface area contributed by atoms with Gasteiger partial charge in [-0.05, 0) is 69.2 Å². The second-order valence-corrected chi connectivity index (χ2v) is 7.35. The zero-order chi connectivity index (χ0) is 22.3. The number of aromatic nitrogens is 2. The van der Waals surface area contributed by atoms with E-state index in [0.717, 1.165) is 28.2 Å². The van der Waals surface area contributed by atoms with Crippen molar-refractivity contribution < 1.29 is 9.13 Å². The summed E-state index contributed by atoms with van der Waals surface area (Å²) in [6.07, 6.45) is 4.62. The number of halogens is 1. The van der Waals surface area contributed by atoms with E-state index in [1.807, 2.05) is 42.8 Å². The summed E-state index contributed by atoms with van der Waals surface area (Å²) in [5, 5.41) is 4.69. The van der Waals surface area contributed by atoms with Crippen LogP contribution >= 0.6 is 0 Å². The third kappa shape index (κ3) is 6.69. The topological polar surface area (TPSA) is 39.4 Å². The third-order valence-electron chi connectivity index (χ3n) is 4.37. The summed E-state index contributed by atoms with van der Waals surface area (Å²) in [7, 11) is 0. The Balaban J connectivity index is 2.17. The van der Waals surface area contributed by atoms with Crippen LogP contribution in [0.1, 0.15) is 44.6 Å². The van der Waals surface area contributed by atoms with Crippen LogP contribution in [0.3, 0.4) is 0 Å². The Morgan fingerprint density at radius 3 is 2.47 bits per heavy atom. The molecule has 158 valence electrons. The van der Waals surface area contributed by atoms with Gasteiger partial charge in [-0.25, -0.2) is 4.39 Å². The van der Waals surface area contributed by atoms with Crippen molar-refractivity contribution in [1.82, 2.24) is 9.78 Å². The molecule has 0 bridgehead atoms. The number of aryl methyl sites for hydroxylation is 1. The number of ether oxygens (including phenoxy) is 1. The lowest BCUT2D eigenvalue weighted by atomic mass is 10.1. The van der Waals surface area contributed by atoms with Gasteiger partial charge in [-0.1, -0.05) is 37.0 Å². The molecule has 0 radical (unpaired) electrons. The highest BCUT2D eigenvalue weighted by Gasteiger charge is 2.09. The molecule has 2 aromatic rings. The van der Waals surface area contributed by atoms with E-state index in [2.05, 4.69) is 44.1 Å². The second-order valence-electron chi connectivity index (χ2n) is 7.35. The zero-order valence-electron chi connectivity index (χ0n) is 18.4. The van der Waals surface area contributed by atoms with E-state index in [-0.39, 0.29) is 0 Å². The maximum absolute atomic E-state index is 12.9. The smallest absolute Gasteiger partial charge is 0.235 e. The first-order valence-corrected chi connectivity index (χ1v) is 9.86. The minimum absolute atomic E-state index is 0.468. The second kappa shape index (κ2) is 10.5. The normalized spacial score (nSPS) is 13.0. The summed E-state index contributed by atoms with van der Waals surface area (Å²) in [6.45, 7) is 18.0. The molecule has 0 aliphatic heterocycles. The monoisotopic (exact) mass is 407 g/mol. The first-order valence-electron chi connectivity index (χ1n) is 9.86. The predicted molar refractivity (Wildman–Crippen MR) is 124 cm³/mol. The number of allylic oxidation sites excluding steroid dienone is 5. The quantitative estimate of drug-likeness (QED) is 0.354. The molecule has 0 aliphatic carbocycles. The summed E-state index contributed by atoms with van der Waals surface area (Å²) in [5.74, 6) is 0.468. The molecular weight excluding hydrogens is 377 g/mol. The van der Waals surface area contributed by atoms with E-state index in [1.54, 1.807) is 12.1 Å². The van der Waals surface area contributed by atoms with Crippen LogP contribution in [0.5, 0.6) is 5.75 Å². The van der Waals surface area contributed by atoms with Crippen LogP contribution in [0.4, 0.5) is 4.39 Å². The molecule has 0 aliphatic rings. The van der Waals surface area contributed by atoms with Crippen molar-refractivity contribution in [3.05, 3.63) is 89.8 Å². The van der Waals surface area contributed by atoms with Gasteiger partial charge in [0.05, 0.1) is 18.0 Å². The Kier molecular flexibility index (Phi) is 8.10. The van der Waals surface area contributed by atoms with Crippen molar-refractivity contribution in [1.29, 1.82) is 0 Å². The SMILES string of the molecule is C=C/C(=C\C=C(C)C)Cn1nc(C(C)=NC(=C)c2ccc(OC(C)F)cc2)cc1C. The number of benzene rings is 1. The van der Waals surface area contributed by atoms with Crippen molar-refractivity contribution >= 4 is 11.4 Å². The molecule has 0 N–H and O–H groups in total. The van der Waals surface area contributed by atoms with Crippen molar-refractivity contribution in [3.8, 4) is 5.75 Å². The average molecular weight is 408 g/mol. The van der Waals surface area contributed by atoms with Crippen LogP contribution in [0.2, 0.25) is 0 Å². The van der Waals surface area contributed by atoms with Crippen molar-refractivity contribution in [2.75, 3.05) is 0 Å². The van der Waals surface area contributed by atoms with E-state index in [4.69, 9.17) is 9.84 Å². The minimum atomic E-state index is -1.35. The van der Waals surface area contributed by atoms with Crippen LogP contribution in [0, 0.1) is 6.92 Å². The molecule has 1 atom stereocenters. The maximum Gasteiger partial charge on any atom is 0.235 e. The molecule has 4 nitrogen and oxygen atoms in total. The molecule has 30 heavy (non-hydrogen) atoms. The summed E-state index contributed by atoms with van der Waals surface area (Å²) in [4.78, 5) is 4.61. The van der Waals surface area contributed by atoms with Crippen LogP contribution in [-0.4, -0.2) is 21.8 Å². The van der Waals surface area contributed by atoms with Gasteiger partial charge >= 0.3 is 0 Å². The zero-order valence-corrected chi connectivity index (χ0v) is 18.4. The molecule has 1 heterocycles.